The lowest BCUT2D eigenvalue weighted by Crippen LogP contribution is -2.06. The fourth-order valence-corrected chi connectivity index (χ4v) is 5.29. The predicted octanol–water partition coefficient (Wildman–Crippen LogP) is 6.46. The van der Waals surface area contributed by atoms with E-state index in [-0.39, 0.29) is 41.9 Å². The molecule has 0 atom stereocenters. The molecule has 3 nitrogen and oxygen atoms in total. The van der Waals surface area contributed by atoms with E-state index in [4.69, 9.17) is 23.2 Å². The van der Waals surface area contributed by atoms with Crippen LogP contribution in [0.5, 0.6) is 0 Å². The molecule has 0 bridgehead atoms. The summed E-state index contributed by atoms with van der Waals surface area (Å²) in [5, 5.41) is 0.306. The first kappa shape index (κ1) is 20.7. The average Bonchev–Trinajstić information content (AvgIpc) is 2.69. The molecule has 4 aromatic rings. The highest BCUT2D eigenvalue weighted by atomic mass is 35.5. The molecule has 1 heterocycles. The second-order valence-corrected chi connectivity index (χ2v) is 9.16. The Morgan fingerprint density at radius 2 is 1.50 bits per heavy atom. The van der Waals surface area contributed by atoms with E-state index in [1.165, 1.54) is 36.4 Å². The van der Waals surface area contributed by atoms with Crippen molar-refractivity contribution in [3.8, 4) is 11.1 Å². The lowest BCUT2D eigenvalue weighted by molar-refractivity contribution is 0.509. The molecule has 1 aromatic heterocycles. The Balaban J connectivity index is 2.11. The monoisotopic (exact) mass is 467 g/mol. The second-order valence-electron chi connectivity index (χ2n) is 6.37. The summed E-state index contributed by atoms with van der Waals surface area (Å²) in [6.07, 6.45) is 0.978. The third-order valence-electron chi connectivity index (χ3n) is 4.46. The molecule has 0 aliphatic rings. The van der Waals surface area contributed by atoms with E-state index in [2.05, 4.69) is 4.98 Å². The molecule has 3 aromatic carbocycles. The van der Waals surface area contributed by atoms with Gasteiger partial charge in [0.05, 0.1) is 9.79 Å². The van der Waals surface area contributed by atoms with Gasteiger partial charge in [-0.2, -0.15) is 0 Å². The standard InChI is InChI=1S/C21H10Cl2F3NO2S/c22-12-7-13(23)9-14(8-12)30(28,29)19-10-27-21-15(2-1-3-17(21)25)20(19)11-4-5-16(24)18(26)6-11/h1-10H. The van der Waals surface area contributed by atoms with Crippen molar-refractivity contribution in [1.82, 2.24) is 4.98 Å². The van der Waals surface area contributed by atoms with Crippen molar-refractivity contribution >= 4 is 43.9 Å². The van der Waals surface area contributed by atoms with Gasteiger partial charge in [0.1, 0.15) is 11.3 Å². The topological polar surface area (TPSA) is 47.0 Å². The van der Waals surface area contributed by atoms with Gasteiger partial charge in [-0.25, -0.2) is 21.6 Å². The van der Waals surface area contributed by atoms with Gasteiger partial charge in [-0.3, -0.25) is 4.98 Å². The van der Waals surface area contributed by atoms with E-state index in [9.17, 15) is 21.6 Å². The first-order valence-corrected chi connectivity index (χ1v) is 10.7. The molecule has 0 spiro atoms. The van der Waals surface area contributed by atoms with Crippen LogP contribution >= 0.6 is 23.2 Å². The number of aromatic nitrogens is 1. The first-order chi connectivity index (χ1) is 14.2. The molecular formula is C21H10Cl2F3NO2S. The normalized spacial score (nSPS) is 11.8. The van der Waals surface area contributed by atoms with Gasteiger partial charge in [-0.15, -0.1) is 0 Å². The quantitative estimate of drug-likeness (QED) is 0.347. The number of para-hydroxylation sites is 1. The van der Waals surface area contributed by atoms with Crippen LogP contribution in [0, 0.1) is 17.5 Å². The third kappa shape index (κ3) is 3.53. The number of pyridine rings is 1. The largest absolute Gasteiger partial charge is 0.252 e. The van der Waals surface area contributed by atoms with Gasteiger partial charge in [0.25, 0.3) is 0 Å². The Bertz CT molecular complexity index is 1410. The minimum Gasteiger partial charge on any atom is -0.252 e. The fraction of sp³-hybridized carbons (Fsp3) is 0. The van der Waals surface area contributed by atoms with Crippen molar-refractivity contribution in [3.63, 3.8) is 0 Å². The lowest BCUT2D eigenvalue weighted by Gasteiger charge is -2.14. The van der Waals surface area contributed by atoms with Crippen LogP contribution in [0.4, 0.5) is 13.2 Å². The maximum Gasteiger partial charge on any atom is 0.208 e. The molecule has 4 rings (SSSR count). The van der Waals surface area contributed by atoms with E-state index in [0.717, 1.165) is 24.4 Å². The van der Waals surface area contributed by atoms with Crippen LogP contribution in [0.1, 0.15) is 0 Å². The van der Waals surface area contributed by atoms with Gasteiger partial charge in [0.15, 0.2) is 11.6 Å². The van der Waals surface area contributed by atoms with E-state index < -0.39 is 27.3 Å². The maximum atomic E-state index is 14.3. The van der Waals surface area contributed by atoms with Gasteiger partial charge in [-0.1, -0.05) is 41.4 Å². The van der Waals surface area contributed by atoms with Crippen molar-refractivity contribution in [2.24, 2.45) is 0 Å². The van der Waals surface area contributed by atoms with Gasteiger partial charge in [0.2, 0.25) is 9.84 Å². The average molecular weight is 468 g/mol. The van der Waals surface area contributed by atoms with Crippen molar-refractivity contribution < 1.29 is 21.6 Å². The van der Waals surface area contributed by atoms with Crippen LogP contribution in [0.15, 0.2) is 70.6 Å². The number of nitrogens with zero attached hydrogens (tertiary/aromatic N) is 1. The van der Waals surface area contributed by atoms with Crippen LogP contribution in [0.25, 0.3) is 22.0 Å². The summed E-state index contributed by atoms with van der Waals surface area (Å²) < 4.78 is 68.5. The zero-order valence-corrected chi connectivity index (χ0v) is 17.2. The Kier molecular flexibility index (Phi) is 5.22. The van der Waals surface area contributed by atoms with E-state index >= 15 is 0 Å². The smallest absolute Gasteiger partial charge is 0.208 e. The van der Waals surface area contributed by atoms with Gasteiger partial charge >= 0.3 is 0 Å². The Morgan fingerprint density at radius 1 is 0.800 bits per heavy atom. The molecule has 0 radical (unpaired) electrons. The second kappa shape index (κ2) is 7.58. The minimum atomic E-state index is -4.26. The van der Waals surface area contributed by atoms with Crippen LogP contribution in [0.3, 0.4) is 0 Å². The third-order valence-corrected chi connectivity index (χ3v) is 6.64. The van der Waals surface area contributed by atoms with E-state index in [1.807, 2.05) is 0 Å². The summed E-state index contributed by atoms with van der Waals surface area (Å²) in [7, 11) is -4.26. The molecule has 0 unspecified atom stereocenters. The highest BCUT2D eigenvalue weighted by molar-refractivity contribution is 7.91. The number of hydrogen-bond donors (Lipinski definition) is 0. The van der Waals surface area contributed by atoms with Crippen LogP contribution in [-0.4, -0.2) is 13.4 Å². The summed E-state index contributed by atoms with van der Waals surface area (Å²) in [6, 6.07) is 10.7. The molecule has 0 N–H and O–H groups in total. The molecule has 30 heavy (non-hydrogen) atoms. The molecule has 0 aliphatic heterocycles. The van der Waals surface area contributed by atoms with Crippen LogP contribution in [-0.2, 0) is 9.84 Å². The fourth-order valence-electron chi connectivity index (χ4n) is 3.13. The predicted molar refractivity (Wildman–Crippen MR) is 109 cm³/mol. The number of hydrogen-bond acceptors (Lipinski definition) is 3. The SMILES string of the molecule is O=S(=O)(c1cc(Cl)cc(Cl)c1)c1cnc2c(F)cccc2c1-c1ccc(F)c(F)c1. The summed E-state index contributed by atoms with van der Waals surface area (Å²) in [4.78, 5) is 3.41. The van der Waals surface area contributed by atoms with E-state index in [1.54, 1.807) is 0 Å². The highest BCUT2D eigenvalue weighted by Gasteiger charge is 2.26. The molecule has 9 heteroatoms. The number of fused-ring (bicyclic) bond motifs is 1. The first-order valence-electron chi connectivity index (χ1n) is 8.42. The van der Waals surface area contributed by atoms with Crippen molar-refractivity contribution in [1.29, 1.82) is 0 Å². The number of halogens is 5. The number of rotatable bonds is 3. The minimum absolute atomic E-state index is 0.0190. The van der Waals surface area contributed by atoms with E-state index in [0.29, 0.717) is 0 Å². The Morgan fingerprint density at radius 3 is 2.17 bits per heavy atom. The Labute approximate surface area is 179 Å². The molecule has 0 amide bonds. The number of benzene rings is 3. The van der Waals surface area contributed by atoms with Gasteiger partial charge in [0, 0.05) is 27.2 Å². The summed E-state index contributed by atoms with van der Waals surface area (Å²) >= 11 is 11.9. The summed E-state index contributed by atoms with van der Waals surface area (Å²) in [6.45, 7) is 0. The zero-order valence-electron chi connectivity index (χ0n) is 14.8. The molecular weight excluding hydrogens is 458 g/mol. The Hall–Kier alpha value is -2.61. The summed E-state index contributed by atoms with van der Waals surface area (Å²) in [5.74, 6) is -2.97. The van der Waals surface area contributed by atoms with Gasteiger partial charge in [-0.05, 0) is 42.0 Å². The van der Waals surface area contributed by atoms with Crippen molar-refractivity contribution in [2.75, 3.05) is 0 Å². The highest BCUT2D eigenvalue weighted by Crippen LogP contribution is 2.38. The maximum absolute atomic E-state index is 14.3. The molecule has 0 fully saturated rings. The lowest BCUT2D eigenvalue weighted by atomic mass is 10.0. The zero-order chi connectivity index (χ0) is 21.6. The molecule has 152 valence electrons. The van der Waals surface area contributed by atoms with Crippen LogP contribution in [0.2, 0.25) is 10.0 Å². The van der Waals surface area contributed by atoms with Crippen molar-refractivity contribution in [2.45, 2.75) is 9.79 Å². The number of sulfone groups is 1. The molecule has 0 saturated heterocycles. The summed E-state index contributed by atoms with van der Waals surface area (Å²) in [5.41, 5.74) is -0.0894. The van der Waals surface area contributed by atoms with Gasteiger partial charge < -0.3 is 0 Å². The van der Waals surface area contributed by atoms with Crippen molar-refractivity contribution in [3.05, 3.63) is 88.3 Å². The molecule has 0 aliphatic carbocycles. The molecule has 0 saturated carbocycles. The van der Waals surface area contributed by atoms with Crippen LogP contribution < -0.4 is 0 Å².